The molecule has 0 aromatic heterocycles. The molecule has 0 spiro atoms. The van der Waals surface area contributed by atoms with Crippen molar-refractivity contribution in [3.63, 3.8) is 0 Å². The van der Waals surface area contributed by atoms with E-state index in [9.17, 15) is 12.8 Å². The Bertz CT molecular complexity index is 819. The fraction of sp³-hybridized carbons (Fsp3) is 0.133. The van der Waals surface area contributed by atoms with E-state index >= 15 is 0 Å². The molecule has 0 aliphatic carbocycles. The molecule has 0 unspecified atom stereocenters. The van der Waals surface area contributed by atoms with Gasteiger partial charge in [-0.05, 0) is 48.4 Å². The summed E-state index contributed by atoms with van der Waals surface area (Å²) < 4.78 is 37.9. The summed E-state index contributed by atoms with van der Waals surface area (Å²) in [5.41, 5.74) is 7.26. The lowest BCUT2D eigenvalue weighted by atomic mass is 10.1. The highest BCUT2D eigenvalue weighted by atomic mass is 32.2. The van der Waals surface area contributed by atoms with Crippen LogP contribution in [0.1, 0.15) is 16.7 Å². The van der Waals surface area contributed by atoms with Crippen molar-refractivity contribution in [1.82, 2.24) is 0 Å². The zero-order chi connectivity index (χ0) is 15.6. The van der Waals surface area contributed by atoms with Crippen LogP contribution in [-0.4, -0.2) is 8.42 Å². The van der Waals surface area contributed by atoms with E-state index < -0.39 is 15.7 Å². The summed E-state index contributed by atoms with van der Waals surface area (Å²) in [4.78, 5) is -0.149. The van der Waals surface area contributed by atoms with Crippen LogP contribution in [0.25, 0.3) is 0 Å². The standard InChI is InChI=1S/C15H13FN2O2S/c1-10-4-11(8-17)2-3-12(10)9-21(19,20)15-6-13(16)5-14(18)7-15/h2-7H,9,18H2,1H3. The maximum absolute atomic E-state index is 13.3. The van der Waals surface area contributed by atoms with Crippen molar-refractivity contribution < 1.29 is 12.8 Å². The SMILES string of the molecule is Cc1cc(C#N)ccc1CS(=O)(=O)c1cc(N)cc(F)c1. The highest BCUT2D eigenvalue weighted by Crippen LogP contribution is 2.22. The average Bonchev–Trinajstić information content (AvgIpc) is 2.40. The molecule has 0 aliphatic heterocycles. The average molecular weight is 304 g/mol. The number of nitrogens with zero attached hydrogens (tertiary/aromatic N) is 1. The molecule has 0 atom stereocenters. The Kier molecular flexibility index (Phi) is 3.96. The molecule has 2 rings (SSSR count). The first-order chi connectivity index (χ1) is 9.81. The van der Waals surface area contributed by atoms with E-state index in [-0.39, 0.29) is 16.3 Å². The third kappa shape index (κ3) is 3.38. The molecule has 2 aromatic rings. The zero-order valence-electron chi connectivity index (χ0n) is 11.3. The summed E-state index contributed by atoms with van der Waals surface area (Å²) in [7, 11) is -3.70. The molecule has 0 bridgehead atoms. The molecule has 0 saturated carbocycles. The van der Waals surface area contributed by atoms with E-state index in [1.165, 1.54) is 6.07 Å². The summed E-state index contributed by atoms with van der Waals surface area (Å²) >= 11 is 0. The molecule has 2 aromatic carbocycles. The topological polar surface area (TPSA) is 84.0 Å². The van der Waals surface area contributed by atoms with Gasteiger partial charge in [-0.3, -0.25) is 0 Å². The summed E-state index contributed by atoms with van der Waals surface area (Å²) in [5, 5.41) is 8.80. The zero-order valence-corrected chi connectivity index (χ0v) is 12.1. The van der Waals surface area contributed by atoms with Crippen LogP contribution in [0.3, 0.4) is 0 Å². The molecule has 0 radical (unpaired) electrons. The van der Waals surface area contributed by atoms with Gasteiger partial charge in [-0.1, -0.05) is 6.07 Å². The first kappa shape index (κ1) is 15.0. The second kappa shape index (κ2) is 5.54. The van der Waals surface area contributed by atoms with Crippen molar-refractivity contribution in [2.24, 2.45) is 0 Å². The van der Waals surface area contributed by atoms with Gasteiger partial charge in [0.2, 0.25) is 0 Å². The number of nitrogen functional groups attached to an aromatic ring is 1. The lowest BCUT2D eigenvalue weighted by molar-refractivity contribution is 0.590. The van der Waals surface area contributed by atoms with Crippen molar-refractivity contribution in [1.29, 1.82) is 5.26 Å². The maximum Gasteiger partial charge on any atom is 0.182 e. The molecule has 6 heteroatoms. The van der Waals surface area contributed by atoms with Crippen molar-refractivity contribution >= 4 is 15.5 Å². The minimum atomic E-state index is -3.70. The van der Waals surface area contributed by atoms with Crippen LogP contribution >= 0.6 is 0 Å². The van der Waals surface area contributed by atoms with Crippen LogP contribution < -0.4 is 5.73 Å². The number of anilines is 1. The minimum Gasteiger partial charge on any atom is -0.399 e. The predicted molar refractivity (Wildman–Crippen MR) is 77.6 cm³/mol. The molecule has 4 nitrogen and oxygen atoms in total. The minimum absolute atomic E-state index is 0.0603. The number of hydrogen-bond acceptors (Lipinski definition) is 4. The molecule has 0 fully saturated rings. The van der Waals surface area contributed by atoms with Crippen LogP contribution in [0.2, 0.25) is 0 Å². The summed E-state index contributed by atoms with van der Waals surface area (Å²) in [6.45, 7) is 1.73. The molecule has 0 aliphatic rings. The van der Waals surface area contributed by atoms with Gasteiger partial charge in [0.15, 0.2) is 9.84 Å². The first-order valence-corrected chi connectivity index (χ1v) is 7.75. The molecule has 0 saturated heterocycles. The molecular weight excluding hydrogens is 291 g/mol. The van der Waals surface area contributed by atoms with Crippen molar-refractivity contribution in [2.75, 3.05) is 5.73 Å². The van der Waals surface area contributed by atoms with Crippen molar-refractivity contribution in [3.8, 4) is 6.07 Å². The quantitative estimate of drug-likeness (QED) is 0.883. The Hall–Kier alpha value is -2.39. The molecular formula is C15H13FN2O2S. The first-order valence-electron chi connectivity index (χ1n) is 6.10. The number of nitrogens with two attached hydrogens (primary N) is 1. The Morgan fingerprint density at radius 2 is 1.95 bits per heavy atom. The van der Waals surface area contributed by atoms with Gasteiger partial charge in [0.1, 0.15) is 5.82 Å². The van der Waals surface area contributed by atoms with E-state index in [1.54, 1.807) is 25.1 Å². The lowest BCUT2D eigenvalue weighted by Gasteiger charge is -2.09. The normalized spacial score (nSPS) is 11.1. The van der Waals surface area contributed by atoms with E-state index in [0.717, 1.165) is 12.1 Å². The fourth-order valence-corrected chi connectivity index (χ4v) is 3.49. The van der Waals surface area contributed by atoms with Crippen LogP contribution in [0.4, 0.5) is 10.1 Å². The van der Waals surface area contributed by atoms with Crippen LogP contribution in [0.5, 0.6) is 0 Å². The monoisotopic (exact) mass is 304 g/mol. The molecule has 108 valence electrons. The number of halogens is 1. The highest BCUT2D eigenvalue weighted by Gasteiger charge is 2.18. The number of sulfone groups is 1. The Morgan fingerprint density at radius 1 is 1.24 bits per heavy atom. The van der Waals surface area contributed by atoms with E-state index in [4.69, 9.17) is 11.0 Å². The van der Waals surface area contributed by atoms with Gasteiger partial charge in [0.25, 0.3) is 0 Å². The van der Waals surface area contributed by atoms with Gasteiger partial charge in [0, 0.05) is 5.69 Å². The van der Waals surface area contributed by atoms with Gasteiger partial charge in [0.05, 0.1) is 22.3 Å². The highest BCUT2D eigenvalue weighted by molar-refractivity contribution is 7.90. The van der Waals surface area contributed by atoms with Gasteiger partial charge in [-0.25, -0.2) is 12.8 Å². The molecule has 0 heterocycles. The van der Waals surface area contributed by atoms with Gasteiger partial charge >= 0.3 is 0 Å². The molecule has 21 heavy (non-hydrogen) atoms. The number of benzene rings is 2. The second-order valence-corrected chi connectivity index (χ2v) is 6.72. The predicted octanol–water partition coefficient (Wildman–Crippen LogP) is 2.56. The number of nitriles is 1. The summed E-state index contributed by atoms with van der Waals surface area (Å²) in [6.07, 6.45) is 0. The maximum atomic E-state index is 13.3. The fourth-order valence-electron chi connectivity index (χ4n) is 1.98. The molecule has 0 amide bonds. The molecule has 2 N–H and O–H groups in total. The van der Waals surface area contributed by atoms with E-state index in [0.29, 0.717) is 16.7 Å². The Balaban J connectivity index is 2.40. The Morgan fingerprint density at radius 3 is 2.52 bits per heavy atom. The van der Waals surface area contributed by atoms with Gasteiger partial charge < -0.3 is 5.73 Å². The van der Waals surface area contributed by atoms with E-state index in [1.807, 2.05) is 6.07 Å². The van der Waals surface area contributed by atoms with Gasteiger partial charge in [-0.15, -0.1) is 0 Å². The number of aryl methyl sites for hydroxylation is 1. The smallest absolute Gasteiger partial charge is 0.182 e. The van der Waals surface area contributed by atoms with Crippen molar-refractivity contribution in [2.45, 2.75) is 17.6 Å². The third-order valence-corrected chi connectivity index (χ3v) is 4.71. The summed E-state index contributed by atoms with van der Waals surface area (Å²) in [6, 6.07) is 9.99. The number of rotatable bonds is 3. The van der Waals surface area contributed by atoms with Crippen LogP contribution in [0.15, 0.2) is 41.3 Å². The largest absolute Gasteiger partial charge is 0.399 e. The summed E-state index contributed by atoms with van der Waals surface area (Å²) in [5.74, 6) is -0.960. The van der Waals surface area contributed by atoms with E-state index in [2.05, 4.69) is 0 Å². The van der Waals surface area contributed by atoms with Crippen molar-refractivity contribution in [3.05, 3.63) is 58.9 Å². The number of hydrogen-bond donors (Lipinski definition) is 1. The van der Waals surface area contributed by atoms with Crippen LogP contribution in [0, 0.1) is 24.1 Å². The van der Waals surface area contributed by atoms with Crippen LogP contribution in [-0.2, 0) is 15.6 Å². The third-order valence-electron chi connectivity index (χ3n) is 3.07. The Labute approximate surface area is 122 Å². The lowest BCUT2D eigenvalue weighted by Crippen LogP contribution is -2.07. The van der Waals surface area contributed by atoms with Gasteiger partial charge in [-0.2, -0.15) is 5.26 Å². The second-order valence-electron chi connectivity index (χ2n) is 4.73.